The van der Waals surface area contributed by atoms with Crippen LogP contribution in [0.2, 0.25) is 0 Å². The Morgan fingerprint density at radius 2 is 0.569 bits per heavy atom. The Morgan fingerprint density at radius 1 is 0.292 bits per heavy atom. The van der Waals surface area contributed by atoms with Crippen LogP contribution in [0, 0.1) is 0 Å². The van der Waals surface area contributed by atoms with Crippen molar-refractivity contribution in [1.29, 1.82) is 0 Å². The molecule has 0 N–H and O–H groups in total. The molecular formula is C66H110O6. The fourth-order valence-corrected chi connectivity index (χ4v) is 8.01. The van der Waals surface area contributed by atoms with Crippen molar-refractivity contribution in [2.75, 3.05) is 13.2 Å². The van der Waals surface area contributed by atoms with Gasteiger partial charge in [-0.1, -0.05) is 239 Å². The van der Waals surface area contributed by atoms with E-state index < -0.39 is 6.10 Å². The second-order valence-electron chi connectivity index (χ2n) is 19.5. The first kappa shape index (κ1) is 68.1. The lowest BCUT2D eigenvalue weighted by Crippen LogP contribution is -2.30. The molecule has 0 aromatic carbocycles. The van der Waals surface area contributed by atoms with Gasteiger partial charge in [0.1, 0.15) is 13.2 Å². The molecule has 0 saturated heterocycles. The summed E-state index contributed by atoms with van der Waals surface area (Å²) in [4.78, 5) is 38.1. The molecule has 1 atom stereocenters. The molecule has 410 valence electrons. The van der Waals surface area contributed by atoms with Crippen LogP contribution in [0.1, 0.15) is 271 Å². The minimum absolute atomic E-state index is 0.0891. The van der Waals surface area contributed by atoms with Gasteiger partial charge in [-0.3, -0.25) is 14.4 Å². The molecule has 0 spiro atoms. The molecule has 0 aromatic rings. The monoisotopic (exact) mass is 999 g/mol. The molecule has 0 saturated carbocycles. The molecule has 0 aromatic heterocycles. The molecule has 0 fully saturated rings. The lowest BCUT2D eigenvalue weighted by atomic mass is 10.1. The predicted molar refractivity (Wildman–Crippen MR) is 311 cm³/mol. The zero-order valence-electron chi connectivity index (χ0n) is 46.9. The van der Waals surface area contributed by atoms with Crippen LogP contribution in [0.3, 0.4) is 0 Å². The van der Waals surface area contributed by atoms with E-state index in [1.54, 1.807) is 0 Å². The van der Waals surface area contributed by atoms with E-state index >= 15 is 0 Å². The van der Waals surface area contributed by atoms with Gasteiger partial charge >= 0.3 is 17.9 Å². The third-order valence-corrected chi connectivity index (χ3v) is 12.5. The molecule has 0 amide bonds. The van der Waals surface area contributed by atoms with Crippen LogP contribution in [0.15, 0.2) is 109 Å². The maximum absolute atomic E-state index is 12.8. The van der Waals surface area contributed by atoms with Crippen LogP contribution in [0.25, 0.3) is 0 Å². The summed E-state index contributed by atoms with van der Waals surface area (Å²) in [6, 6.07) is 0. The van der Waals surface area contributed by atoms with E-state index in [0.717, 1.165) is 135 Å². The van der Waals surface area contributed by atoms with Gasteiger partial charge in [0, 0.05) is 19.3 Å². The standard InChI is InChI=1S/C66H110O6/c1-4-7-10-13-16-19-22-25-26-27-28-29-30-31-32-33-34-35-36-37-38-39-40-42-44-47-50-53-56-59-65(68)71-62-63(61-70-64(67)58-55-52-49-46-43-24-21-18-15-12-9-6-3)72-66(69)60-57-54-51-48-45-41-23-20-17-14-11-8-5-2/h7,10-11,14,16,18-21,23,25-26,28-29,31-32,34-35,63H,4-6,8-9,12-13,15,17,22,24,27,30,33,36-62H2,1-3H3/b10-7-,14-11-,19-16-,21-18-,23-20-,26-25-,29-28-,32-31-,35-34-. The second-order valence-corrected chi connectivity index (χ2v) is 19.5. The Bertz CT molecular complexity index is 1470. The van der Waals surface area contributed by atoms with Gasteiger partial charge in [0.25, 0.3) is 0 Å². The minimum atomic E-state index is -0.791. The summed E-state index contributed by atoms with van der Waals surface area (Å²) in [5.74, 6) is -0.916. The van der Waals surface area contributed by atoms with Crippen molar-refractivity contribution in [2.24, 2.45) is 0 Å². The second kappa shape index (κ2) is 59.6. The Hall–Kier alpha value is -3.93. The number of unbranched alkanes of at least 4 members (excludes halogenated alkanes) is 24. The number of esters is 3. The smallest absolute Gasteiger partial charge is 0.306 e. The fourth-order valence-electron chi connectivity index (χ4n) is 8.01. The van der Waals surface area contributed by atoms with Gasteiger partial charge < -0.3 is 14.2 Å². The van der Waals surface area contributed by atoms with Gasteiger partial charge in [0.2, 0.25) is 0 Å². The van der Waals surface area contributed by atoms with Gasteiger partial charge in [0.15, 0.2) is 6.10 Å². The van der Waals surface area contributed by atoms with Crippen molar-refractivity contribution >= 4 is 17.9 Å². The number of carbonyl (C=O) groups excluding carboxylic acids is 3. The number of allylic oxidation sites excluding steroid dienone is 18. The van der Waals surface area contributed by atoms with E-state index in [0.29, 0.717) is 19.3 Å². The normalized spacial score (nSPS) is 12.9. The van der Waals surface area contributed by atoms with E-state index in [1.807, 2.05) is 0 Å². The van der Waals surface area contributed by atoms with E-state index in [9.17, 15) is 14.4 Å². The Balaban J connectivity index is 4.25. The van der Waals surface area contributed by atoms with E-state index in [2.05, 4.69) is 130 Å². The summed E-state index contributed by atoms with van der Waals surface area (Å²) in [5, 5.41) is 0. The Labute approximate surface area is 444 Å². The highest BCUT2D eigenvalue weighted by atomic mass is 16.6. The Kier molecular flexibility index (Phi) is 56.4. The summed E-state index contributed by atoms with van der Waals surface area (Å²) in [6.07, 6.45) is 80.9. The molecule has 0 aliphatic heterocycles. The first-order chi connectivity index (χ1) is 35.5. The van der Waals surface area contributed by atoms with Crippen molar-refractivity contribution in [3.8, 4) is 0 Å². The topological polar surface area (TPSA) is 78.9 Å². The van der Waals surface area contributed by atoms with Crippen molar-refractivity contribution in [2.45, 2.75) is 277 Å². The third-order valence-electron chi connectivity index (χ3n) is 12.5. The first-order valence-electron chi connectivity index (χ1n) is 29.9. The highest BCUT2D eigenvalue weighted by Crippen LogP contribution is 2.15. The van der Waals surface area contributed by atoms with Crippen molar-refractivity contribution < 1.29 is 28.6 Å². The molecule has 6 nitrogen and oxygen atoms in total. The molecule has 0 aliphatic carbocycles. The van der Waals surface area contributed by atoms with Crippen LogP contribution >= 0.6 is 0 Å². The molecule has 1 unspecified atom stereocenters. The molecule has 0 bridgehead atoms. The third kappa shape index (κ3) is 57.0. The zero-order chi connectivity index (χ0) is 52.2. The SMILES string of the molecule is CC/C=C\C/C=C\C/C=C\C/C=C\C/C=C\C/C=C\CCCCCCCCCCCCC(=O)OCC(COC(=O)CCCCCCC/C=C\CCCCC)OC(=O)CCCCCCC/C=C\C/C=C\CCC. The maximum atomic E-state index is 12.8. The minimum Gasteiger partial charge on any atom is -0.462 e. The molecule has 6 heteroatoms. The average molecular weight is 1000 g/mol. The van der Waals surface area contributed by atoms with Crippen LogP contribution in [0.5, 0.6) is 0 Å². The van der Waals surface area contributed by atoms with Crippen molar-refractivity contribution in [3.05, 3.63) is 109 Å². The number of ether oxygens (including phenoxy) is 3. The molecule has 0 aliphatic rings. The van der Waals surface area contributed by atoms with E-state index in [4.69, 9.17) is 14.2 Å². The number of hydrogen-bond acceptors (Lipinski definition) is 6. The van der Waals surface area contributed by atoms with E-state index in [1.165, 1.54) is 96.3 Å². The molecule has 0 radical (unpaired) electrons. The molecule has 72 heavy (non-hydrogen) atoms. The van der Waals surface area contributed by atoms with Crippen LogP contribution in [-0.2, 0) is 28.6 Å². The summed E-state index contributed by atoms with van der Waals surface area (Å²) in [5.41, 5.74) is 0. The quantitative estimate of drug-likeness (QED) is 0.0261. The van der Waals surface area contributed by atoms with Crippen molar-refractivity contribution in [1.82, 2.24) is 0 Å². The summed E-state index contributed by atoms with van der Waals surface area (Å²) in [6.45, 7) is 6.42. The van der Waals surface area contributed by atoms with E-state index in [-0.39, 0.29) is 31.1 Å². The average Bonchev–Trinajstić information content (AvgIpc) is 3.38. The lowest BCUT2D eigenvalue weighted by Gasteiger charge is -2.18. The van der Waals surface area contributed by atoms with Gasteiger partial charge in [-0.2, -0.15) is 0 Å². The number of carbonyl (C=O) groups is 3. The van der Waals surface area contributed by atoms with Gasteiger partial charge in [-0.15, -0.1) is 0 Å². The Morgan fingerprint density at radius 3 is 0.917 bits per heavy atom. The number of rotatable bonds is 53. The van der Waals surface area contributed by atoms with Gasteiger partial charge in [0.05, 0.1) is 0 Å². The molecular weight excluding hydrogens is 889 g/mol. The first-order valence-corrected chi connectivity index (χ1v) is 29.9. The van der Waals surface area contributed by atoms with Gasteiger partial charge in [-0.25, -0.2) is 0 Å². The van der Waals surface area contributed by atoms with Crippen LogP contribution < -0.4 is 0 Å². The molecule has 0 heterocycles. The zero-order valence-corrected chi connectivity index (χ0v) is 46.9. The summed E-state index contributed by atoms with van der Waals surface area (Å²) in [7, 11) is 0. The lowest BCUT2D eigenvalue weighted by molar-refractivity contribution is -0.167. The fraction of sp³-hybridized carbons (Fsp3) is 0.682. The van der Waals surface area contributed by atoms with Crippen LogP contribution in [-0.4, -0.2) is 37.2 Å². The van der Waals surface area contributed by atoms with Crippen LogP contribution in [0.4, 0.5) is 0 Å². The molecule has 0 rings (SSSR count). The highest BCUT2D eigenvalue weighted by molar-refractivity contribution is 5.71. The van der Waals surface area contributed by atoms with Crippen molar-refractivity contribution in [3.63, 3.8) is 0 Å². The maximum Gasteiger partial charge on any atom is 0.306 e. The highest BCUT2D eigenvalue weighted by Gasteiger charge is 2.19. The summed E-state index contributed by atoms with van der Waals surface area (Å²) < 4.78 is 16.8. The van der Waals surface area contributed by atoms with Gasteiger partial charge in [-0.05, 0) is 122 Å². The largest absolute Gasteiger partial charge is 0.462 e. The predicted octanol–water partition coefficient (Wildman–Crippen LogP) is 20.3. The summed E-state index contributed by atoms with van der Waals surface area (Å²) >= 11 is 0. The number of hydrogen-bond donors (Lipinski definition) is 0.